The van der Waals surface area contributed by atoms with Gasteiger partial charge in [-0.2, -0.15) is 0 Å². The molecular weight excluding hydrogens is 458 g/mol. The number of fused-ring (bicyclic) bond motifs is 1. The van der Waals surface area contributed by atoms with Gasteiger partial charge in [-0.15, -0.1) is 0 Å². The van der Waals surface area contributed by atoms with Crippen LogP contribution in [0.4, 0.5) is 17.1 Å². The van der Waals surface area contributed by atoms with Crippen molar-refractivity contribution in [2.75, 3.05) is 16.2 Å². The van der Waals surface area contributed by atoms with E-state index in [-0.39, 0.29) is 28.6 Å². The highest BCUT2D eigenvalue weighted by molar-refractivity contribution is 7.92. The number of rotatable bonds is 5. The molecule has 11 heteroatoms. The van der Waals surface area contributed by atoms with Gasteiger partial charge in [0.1, 0.15) is 5.75 Å². The number of amides is 1. The average molecular weight is 474 g/mol. The van der Waals surface area contributed by atoms with Gasteiger partial charge in [0.05, 0.1) is 22.1 Å². The Hall–Kier alpha value is -3.63. The summed E-state index contributed by atoms with van der Waals surface area (Å²) < 4.78 is 33.5. The molecule has 9 nitrogen and oxygen atoms in total. The van der Waals surface area contributed by atoms with E-state index in [0.29, 0.717) is 10.7 Å². The minimum absolute atomic E-state index is 0.0106. The van der Waals surface area contributed by atoms with Crippen LogP contribution in [0.1, 0.15) is 0 Å². The summed E-state index contributed by atoms with van der Waals surface area (Å²) >= 11 is 5.88. The van der Waals surface area contributed by atoms with E-state index in [1.54, 1.807) is 24.3 Å². The first-order chi connectivity index (χ1) is 15.3. The number of nitro groups is 1. The lowest BCUT2D eigenvalue weighted by Crippen LogP contribution is -2.48. The van der Waals surface area contributed by atoms with Gasteiger partial charge in [0.2, 0.25) is 0 Å². The normalized spacial score (nSPS) is 15.4. The van der Waals surface area contributed by atoms with E-state index in [2.05, 4.69) is 5.32 Å². The van der Waals surface area contributed by atoms with Crippen molar-refractivity contribution in [2.24, 2.45) is 0 Å². The first kappa shape index (κ1) is 21.6. The summed E-state index contributed by atoms with van der Waals surface area (Å²) in [5, 5.41) is 13.9. The molecule has 1 unspecified atom stereocenters. The molecule has 164 valence electrons. The van der Waals surface area contributed by atoms with Crippen LogP contribution in [0.5, 0.6) is 5.75 Å². The standard InChI is InChI=1S/C21H16ClN3O6S/c22-14-8-10-17(11-9-14)32(29,30)24-13-20(31-19-7-2-1-6-18(19)24)21(26)23-15-4-3-5-16(12-15)25(27)28/h1-12,20H,13H2,(H,23,26). The third-order valence-electron chi connectivity index (χ3n) is 4.75. The van der Waals surface area contributed by atoms with E-state index < -0.39 is 27.0 Å². The number of hydrogen-bond donors (Lipinski definition) is 1. The Kier molecular flexibility index (Phi) is 5.72. The van der Waals surface area contributed by atoms with E-state index in [1.807, 2.05) is 0 Å². The smallest absolute Gasteiger partial charge is 0.271 e. The quantitative estimate of drug-likeness (QED) is 0.444. The molecule has 3 aromatic carbocycles. The highest BCUT2D eigenvalue weighted by atomic mass is 35.5. The molecule has 4 rings (SSSR count). The fourth-order valence-electron chi connectivity index (χ4n) is 3.22. The number of nitrogens with one attached hydrogen (secondary N) is 1. The minimum atomic E-state index is -4.02. The lowest BCUT2D eigenvalue weighted by Gasteiger charge is -2.34. The molecule has 0 fully saturated rings. The molecule has 1 aliphatic heterocycles. The van der Waals surface area contributed by atoms with Crippen LogP contribution >= 0.6 is 11.6 Å². The Labute approximate surface area is 188 Å². The molecule has 0 radical (unpaired) electrons. The Morgan fingerprint density at radius 2 is 1.81 bits per heavy atom. The van der Waals surface area contributed by atoms with Crippen LogP contribution in [0.15, 0.2) is 77.7 Å². The van der Waals surface area contributed by atoms with Crippen LogP contribution in [0.25, 0.3) is 0 Å². The number of ether oxygens (including phenoxy) is 1. The van der Waals surface area contributed by atoms with Crippen molar-refractivity contribution in [3.05, 3.63) is 87.9 Å². The maximum atomic E-state index is 13.3. The Morgan fingerprint density at radius 1 is 1.09 bits per heavy atom. The molecule has 0 aliphatic carbocycles. The van der Waals surface area contributed by atoms with E-state index in [1.165, 1.54) is 48.5 Å². The monoisotopic (exact) mass is 473 g/mol. The third kappa shape index (κ3) is 4.23. The van der Waals surface area contributed by atoms with Crippen LogP contribution in [0, 0.1) is 10.1 Å². The molecular formula is C21H16ClN3O6S. The zero-order chi connectivity index (χ0) is 22.9. The first-order valence-corrected chi connectivity index (χ1v) is 11.2. The zero-order valence-corrected chi connectivity index (χ0v) is 17.9. The summed E-state index contributed by atoms with van der Waals surface area (Å²) in [6.07, 6.45) is -1.19. The second-order valence-electron chi connectivity index (χ2n) is 6.86. The average Bonchev–Trinajstić information content (AvgIpc) is 2.78. The van der Waals surface area contributed by atoms with E-state index in [4.69, 9.17) is 16.3 Å². The lowest BCUT2D eigenvalue weighted by molar-refractivity contribution is -0.384. The van der Waals surface area contributed by atoms with Crippen LogP contribution in [-0.2, 0) is 14.8 Å². The molecule has 1 amide bonds. The largest absolute Gasteiger partial charge is 0.476 e. The van der Waals surface area contributed by atoms with Gasteiger partial charge < -0.3 is 10.1 Å². The molecule has 0 saturated carbocycles. The van der Waals surface area contributed by atoms with Crippen molar-refractivity contribution < 1.29 is 22.9 Å². The van der Waals surface area contributed by atoms with E-state index >= 15 is 0 Å². The Bertz CT molecular complexity index is 1300. The van der Waals surface area contributed by atoms with Crippen LogP contribution in [-0.4, -0.2) is 31.9 Å². The Morgan fingerprint density at radius 3 is 2.53 bits per heavy atom. The maximum Gasteiger partial charge on any atom is 0.271 e. The van der Waals surface area contributed by atoms with Gasteiger partial charge in [-0.05, 0) is 42.5 Å². The van der Waals surface area contributed by atoms with Crippen LogP contribution < -0.4 is 14.4 Å². The summed E-state index contributed by atoms with van der Waals surface area (Å²) in [6.45, 7) is -0.289. The molecule has 1 N–H and O–H groups in total. The van der Waals surface area contributed by atoms with Gasteiger partial charge in [-0.1, -0.05) is 29.8 Å². The van der Waals surface area contributed by atoms with Gasteiger partial charge >= 0.3 is 0 Å². The van der Waals surface area contributed by atoms with Crippen LogP contribution in [0.2, 0.25) is 5.02 Å². The van der Waals surface area contributed by atoms with Gasteiger partial charge in [0.15, 0.2) is 6.10 Å². The lowest BCUT2D eigenvalue weighted by atomic mass is 10.2. The van der Waals surface area contributed by atoms with Crippen molar-refractivity contribution in [2.45, 2.75) is 11.0 Å². The summed E-state index contributed by atoms with van der Waals surface area (Å²) in [6, 6.07) is 17.6. The number of benzene rings is 3. The number of hydrogen-bond acceptors (Lipinski definition) is 6. The highest BCUT2D eigenvalue weighted by Crippen LogP contribution is 2.37. The van der Waals surface area contributed by atoms with Crippen molar-refractivity contribution in [3.63, 3.8) is 0 Å². The molecule has 0 aromatic heterocycles. The second-order valence-corrected chi connectivity index (χ2v) is 9.16. The molecule has 32 heavy (non-hydrogen) atoms. The van der Waals surface area contributed by atoms with Crippen LogP contribution in [0.3, 0.4) is 0 Å². The van der Waals surface area contributed by atoms with Gasteiger partial charge in [0, 0.05) is 22.8 Å². The van der Waals surface area contributed by atoms with E-state index in [0.717, 1.165) is 4.31 Å². The molecule has 0 saturated heterocycles. The Balaban J connectivity index is 1.65. The minimum Gasteiger partial charge on any atom is -0.476 e. The topological polar surface area (TPSA) is 119 Å². The molecule has 3 aromatic rings. The van der Waals surface area contributed by atoms with Gasteiger partial charge in [0.25, 0.3) is 21.6 Å². The molecule has 1 heterocycles. The fraction of sp³-hybridized carbons (Fsp3) is 0.0952. The number of halogens is 1. The second kappa shape index (κ2) is 8.48. The number of carbonyl (C=O) groups is 1. The predicted octanol–water partition coefficient (Wildman–Crippen LogP) is 3.84. The molecule has 1 aliphatic rings. The zero-order valence-electron chi connectivity index (χ0n) is 16.3. The van der Waals surface area contributed by atoms with Crippen molar-refractivity contribution >= 4 is 44.6 Å². The first-order valence-electron chi connectivity index (χ1n) is 9.35. The molecule has 1 atom stereocenters. The third-order valence-corrected chi connectivity index (χ3v) is 6.80. The number of nitro benzene ring substituents is 1. The van der Waals surface area contributed by atoms with Crippen molar-refractivity contribution in [1.82, 2.24) is 0 Å². The van der Waals surface area contributed by atoms with Crippen molar-refractivity contribution in [1.29, 1.82) is 0 Å². The number of nitrogens with zero attached hydrogens (tertiary/aromatic N) is 2. The summed E-state index contributed by atoms with van der Waals surface area (Å²) in [5.74, 6) is -0.424. The predicted molar refractivity (Wildman–Crippen MR) is 119 cm³/mol. The summed E-state index contributed by atoms with van der Waals surface area (Å²) in [4.78, 5) is 23.3. The van der Waals surface area contributed by atoms with E-state index in [9.17, 15) is 23.3 Å². The summed E-state index contributed by atoms with van der Waals surface area (Å²) in [5.41, 5.74) is 0.297. The maximum absolute atomic E-state index is 13.3. The highest BCUT2D eigenvalue weighted by Gasteiger charge is 2.37. The van der Waals surface area contributed by atoms with Gasteiger partial charge in [-0.25, -0.2) is 8.42 Å². The molecule has 0 spiro atoms. The summed E-state index contributed by atoms with van der Waals surface area (Å²) in [7, 11) is -4.02. The number of non-ortho nitro benzene ring substituents is 1. The van der Waals surface area contributed by atoms with Crippen molar-refractivity contribution in [3.8, 4) is 5.75 Å². The molecule has 0 bridgehead atoms. The number of sulfonamides is 1. The fourth-order valence-corrected chi connectivity index (χ4v) is 4.82. The van der Waals surface area contributed by atoms with Gasteiger partial charge in [-0.3, -0.25) is 19.2 Å². The number of anilines is 2. The SMILES string of the molecule is O=C(Nc1cccc([N+](=O)[O-])c1)C1CN(S(=O)(=O)c2ccc(Cl)cc2)c2ccccc2O1. The number of para-hydroxylation sites is 2. The number of carbonyl (C=O) groups excluding carboxylic acids is 1.